The molecule has 0 radical (unpaired) electrons. The summed E-state index contributed by atoms with van der Waals surface area (Å²) in [4.78, 5) is 13.0. The number of benzene rings is 3. The average Bonchev–Trinajstić information content (AvgIpc) is 2.80. The van der Waals surface area contributed by atoms with Crippen LogP contribution in [0.5, 0.6) is 11.5 Å². The first kappa shape index (κ1) is 23.6. The quantitative estimate of drug-likeness (QED) is 0.521. The molecule has 0 fully saturated rings. The predicted octanol–water partition coefficient (Wildman–Crippen LogP) is 3.76. The van der Waals surface area contributed by atoms with Gasteiger partial charge in [0.2, 0.25) is 0 Å². The third kappa shape index (κ3) is 5.17. The monoisotopic (exact) mass is 480 g/mol. The van der Waals surface area contributed by atoms with Crippen LogP contribution in [0.15, 0.2) is 71.6 Å². The van der Waals surface area contributed by atoms with Crippen LogP contribution in [0.1, 0.15) is 16.7 Å². The molecule has 0 bridgehead atoms. The summed E-state index contributed by atoms with van der Waals surface area (Å²) in [7, 11) is -3.88. The average molecular weight is 481 g/mol. The van der Waals surface area contributed by atoms with Crippen molar-refractivity contribution < 1.29 is 22.7 Å². The number of sulfonamides is 1. The molecule has 3 aromatic rings. The zero-order valence-electron chi connectivity index (χ0n) is 19.4. The number of nitrogens with zero attached hydrogens (tertiary/aromatic N) is 1. The summed E-state index contributed by atoms with van der Waals surface area (Å²) in [5.74, 6) is 0.684. The van der Waals surface area contributed by atoms with E-state index >= 15 is 0 Å². The molecule has 0 unspecified atom stereocenters. The van der Waals surface area contributed by atoms with Crippen LogP contribution in [0.4, 0.5) is 5.69 Å². The van der Waals surface area contributed by atoms with E-state index in [4.69, 9.17) is 9.47 Å². The molecule has 1 atom stereocenters. The minimum atomic E-state index is -3.88. The van der Waals surface area contributed by atoms with Crippen molar-refractivity contribution in [1.29, 1.82) is 0 Å². The van der Waals surface area contributed by atoms with E-state index < -0.39 is 22.0 Å². The van der Waals surface area contributed by atoms with E-state index in [0.717, 1.165) is 22.4 Å². The zero-order chi connectivity index (χ0) is 24.3. The molecule has 0 aliphatic carbocycles. The molecule has 1 heterocycles. The van der Waals surface area contributed by atoms with E-state index in [0.29, 0.717) is 11.4 Å². The van der Waals surface area contributed by atoms with Gasteiger partial charge in [0.1, 0.15) is 18.1 Å². The van der Waals surface area contributed by atoms with Crippen LogP contribution < -0.4 is 19.1 Å². The van der Waals surface area contributed by atoms with Crippen molar-refractivity contribution >= 4 is 21.6 Å². The number of anilines is 1. The molecule has 4 rings (SSSR count). The molecule has 178 valence electrons. The first-order valence-electron chi connectivity index (χ1n) is 11.1. The highest BCUT2D eigenvalue weighted by Gasteiger charge is 2.37. The number of carbonyl (C=O) groups excluding carboxylic acids is 1. The topological polar surface area (TPSA) is 84.9 Å². The fourth-order valence-electron chi connectivity index (χ4n) is 3.88. The molecule has 0 saturated heterocycles. The van der Waals surface area contributed by atoms with Gasteiger partial charge in [-0.05, 0) is 68.3 Å². The maximum Gasteiger partial charge on any atom is 0.264 e. The Morgan fingerprint density at radius 3 is 2.38 bits per heavy atom. The Labute approximate surface area is 200 Å². The molecule has 1 aliphatic rings. The first-order chi connectivity index (χ1) is 16.2. The Bertz CT molecular complexity index is 1270. The van der Waals surface area contributed by atoms with Crippen LogP contribution in [0.3, 0.4) is 0 Å². The summed E-state index contributed by atoms with van der Waals surface area (Å²) < 4.78 is 39.7. The van der Waals surface area contributed by atoms with Gasteiger partial charge in [-0.25, -0.2) is 8.42 Å². The third-order valence-corrected chi connectivity index (χ3v) is 7.30. The Morgan fingerprint density at radius 2 is 1.68 bits per heavy atom. The van der Waals surface area contributed by atoms with Crippen LogP contribution in [0.25, 0.3) is 0 Å². The molecule has 1 N–H and O–H groups in total. The number of carbonyl (C=O) groups is 1. The van der Waals surface area contributed by atoms with E-state index in [9.17, 15) is 13.2 Å². The van der Waals surface area contributed by atoms with E-state index in [1.165, 1.54) is 4.31 Å². The van der Waals surface area contributed by atoms with Crippen LogP contribution >= 0.6 is 0 Å². The highest BCUT2D eigenvalue weighted by molar-refractivity contribution is 7.92. The smallest absolute Gasteiger partial charge is 0.264 e. The molecule has 0 aromatic heterocycles. The second-order valence-electron chi connectivity index (χ2n) is 8.39. The molecule has 0 spiro atoms. The minimum absolute atomic E-state index is 0.128. The van der Waals surface area contributed by atoms with Gasteiger partial charge in [0.25, 0.3) is 15.9 Å². The van der Waals surface area contributed by atoms with E-state index in [1.54, 1.807) is 48.5 Å². The molecule has 3 aromatic carbocycles. The number of hydrogen-bond acceptors (Lipinski definition) is 5. The number of ether oxygens (including phenoxy) is 2. The standard InChI is InChI=1S/C26H28N2O5S/c1-18-8-10-22(11-9-18)34(30,31)28-17-25(33-24-7-5-4-6-23(24)28)26(29)27-12-13-32-21-15-19(2)14-20(3)16-21/h4-11,14-16,25H,12-13,17H2,1-3H3,(H,27,29)/t25-/m1/s1. The Balaban J connectivity index is 1.45. The number of amides is 1. The van der Waals surface area contributed by atoms with Gasteiger partial charge in [-0.1, -0.05) is 35.9 Å². The SMILES string of the molecule is Cc1ccc(S(=O)(=O)N2C[C@H](C(=O)NCCOc3cc(C)cc(C)c3)Oc3ccccc32)cc1. The highest BCUT2D eigenvalue weighted by Crippen LogP contribution is 2.36. The summed E-state index contributed by atoms with van der Waals surface area (Å²) in [5.41, 5.74) is 3.57. The maximum atomic E-state index is 13.4. The molecular formula is C26H28N2O5S. The van der Waals surface area contributed by atoms with Gasteiger partial charge in [0, 0.05) is 0 Å². The molecule has 8 heteroatoms. The van der Waals surface area contributed by atoms with E-state index in [2.05, 4.69) is 11.4 Å². The number of para-hydroxylation sites is 2. The normalized spacial score (nSPS) is 15.3. The van der Waals surface area contributed by atoms with Crippen molar-refractivity contribution in [2.45, 2.75) is 31.8 Å². The third-order valence-electron chi connectivity index (χ3n) is 5.50. The van der Waals surface area contributed by atoms with Gasteiger partial charge < -0.3 is 14.8 Å². The van der Waals surface area contributed by atoms with Crippen LogP contribution in [-0.2, 0) is 14.8 Å². The molecule has 34 heavy (non-hydrogen) atoms. The maximum absolute atomic E-state index is 13.4. The second kappa shape index (κ2) is 9.77. The van der Waals surface area contributed by atoms with Gasteiger partial charge in [0.05, 0.1) is 23.7 Å². The van der Waals surface area contributed by atoms with Gasteiger partial charge in [0.15, 0.2) is 6.10 Å². The van der Waals surface area contributed by atoms with Crippen molar-refractivity contribution in [1.82, 2.24) is 5.32 Å². The molecule has 7 nitrogen and oxygen atoms in total. The largest absolute Gasteiger partial charge is 0.492 e. The summed E-state index contributed by atoms with van der Waals surface area (Å²) in [5, 5.41) is 2.79. The van der Waals surface area contributed by atoms with Crippen LogP contribution in [0, 0.1) is 20.8 Å². The van der Waals surface area contributed by atoms with Crippen molar-refractivity contribution in [2.24, 2.45) is 0 Å². The number of fused-ring (bicyclic) bond motifs is 1. The summed E-state index contributed by atoms with van der Waals surface area (Å²) in [6.07, 6.45) is -0.990. The summed E-state index contributed by atoms with van der Waals surface area (Å²) >= 11 is 0. The lowest BCUT2D eigenvalue weighted by atomic mass is 10.1. The van der Waals surface area contributed by atoms with Gasteiger partial charge in [-0.2, -0.15) is 0 Å². The molecule has 1 amide bonds. The van der Waals surface area contributed by atoms with Crippen LogP contribution in [-0.4, -0.2) is 40.1 Å². The van der Waals surface area contributed by atoms with E-state index in [1.807, 2.05) is 32.9 Å². The summed E-state index contributed by atoms with van der Waals surface area (Å²) in [6, 6.07) is 19.4. The van der Waals surface area contributed by atoms with Crippen molar-refractivity contribution in [2.75, 3.05) is 24.0 Å². The Morgan fingerprint density at radius 1 is 1.00 bits per heavy atom. The van der Waals surface area contributed by atoms with Crippen molar-refractivity contribution in [3.8, 4) is 11.5 Å². The lowest BCUT2D eigenvalue weighted by Gasteiger charge is -2.34. The van der Waals surface area contributed by atoms with Crippen molar-refractivity contribution in [3.05, 3.63) is 83.4 Å². The van der Waals surface area contributed by atoms with E-state index in [-0.39, 0.29) is 24.6 Å². The number of aryl methyl sites for hydroxylation is 3. The fourth-order valence-corrected chi connectivity index (χ4v) is 5.35. The highest BCUT2D eigenvalue weighted by atomic mass is 32.2. The van der Waals surface area contributed by atoms with Gasteiger partial charge in [-0.3, -0.25) is 9.10 Å². The number of hydrogen-bond donors (Lipinski definition) is 1. The minimum Gasteiger partial charge on any atom is -0.492 e. The molecule has 0 saturated carbocycles. The second-order valence-corrected chi connectivity index (χ2v) is 10.2. The Hall–Kier alpha value is -3.52. The lowest BCUT2D eigenvalue weighted by Crippen LogP contribution is -2.51. The predicted molar refractivity (Wildman–Crippen MR) is 131 cm³/mol. The molecule has 1 aliphatic heterocycles. The lowest BCUT2D eigenvalue weighted by molar-refractivity contribution is -0.127. The zero-order valence-corrected chi connectivity index (χ0v) is 20.3. The summed E-state index contributed by atoms with van der Waals surface area (Å²) in [6.45, 7) is 6.30. The van der Waals surface area contributed by atoms with Crippen molar-refractivity contribution in [3.63, 3.8) is 0 Å². The first-order valence-corrected chi connectivity index (χ1v) is 12.5. The number of rotatable bonds is 7. The number of nitrogens with one attached hydrogen (secondary N) is 1. The fraction of sp³-hybridized carbons (Fsp3) is 0.269. The Kier molecular flexibility index (Phi) is 6.79. The van der Waals surface area contributed by atoms with Gasteiger partial charge in [-0.15, -0.1) is 0 Å². The molecular weight excluding hydrogens is 452 g/mol. The van der Waals surface area contributed by atoms with Crippen LogP contribution in [0.2, 0.25) is 0 Å². The van der Waals surface area contributed by atoms with Gasteiger partial charge >= 0.3 is 0 Å².